The zero-order valence-electron chi connectivity index (χ0n) is 16.1. The molecule has 0 radical (unpaired) electrons. The molecule has 27 heavy (non-hydrogen) atoms. The second kappa shape index (κ2) is 9.69. The highest BCUT2D eigenvalue weighted by Crippen LogP contribution is 2.48. The fourth-order valence-corrected chi connectivity index (χ4v) is 3.43. The van der Waals surface area contributed by atoms with Crippen LogP contribution in [0.25, 0.3) is 0 Å². The van der Waals surface area contributed by atoms with E-state index in [9.17, 15) is 35.5 Å². The molecule has 0 fully saturated rings. The summed E-state index contributed by atoms with van der Waals surface area (Å²) in [5, 5.41) is -0.554. The van der Waals surface area contributed by atoms with Crippen LogP contribution in [0.5, 0.6) is 0 Å². The highest BCUT2D eigenvalue weighted by molar-refractivity contribution is 8.00. The second-order valence-corrected chi connectivity index (χ2v) is 9.07. The molecular formula is C17H27F7O2S. The lowest BCUT2D eigenvalue weighted by atomic mass is 10.0. The van der Waals surface area contributed by atoms with Crippen molar-refractivity contribution in [2.45, 2.75) is 89.2 Å². The van der Waals surface area contributed by atoms with Crippen LogP contribution < -0.4 is 0 Å². The normalized spacial score (nSPS) is 15.1. The Hall–Kier alpha value is -0.670. The van der Waals surface area contributed by atoms with Gasteiger partial charge in [-0.2, -0.15) is 30.7 Å². The molecule has 162 valence electrons. The highest BCUT2D eigenvalue weighted by Gasteiger charge is 2.72. The molecule has 0 saturated heterocycles. The van der Waals surface area contributed by atoms with E-state index in [-0.39, 0.29) is 18.1 Å². The van der Waals surface area contributed by atoms with Crippen LogP contribution in [-0.2, 0) is 9.53 Å². The van der Waals surface area contributed by atoms with Crippen LogP contribution in [0.15, 0.2) is 0 Å². The van der Waals surface area contributed by atoms with E-state index < -0.39 is 47.7 Å². The van der Waals surface area contributed by atoms with E-state index in [2.05, 4.69) is 0 Å². The Morgan fingerprint density at radius 2 is 1.48 bits per heavy atom. The first-order valence-electron chi connectivity index (χ1n) is 8.57. The zero-order valence-corrected chi connectivity index (χ0v) is 16.9. The molecule has 0 rings (SSSR count). The summed E-state index contributed by atoms with van der Waals surface area (Å²) in [5.74, 6) is -11.4. The lowest BCUT2D eigenvalue weighted by Crippen LogP contribution is -2.51. The third-order valence-corrected chi connectivity index (χ3v) is 4.69. The van der Waals surface area contributed by atoms with Crippen LogP contribution in [0, 0.1) is 5.92 Å². The average molecular weight is 428 g/mol. The van der Waals surface area contributed by atoms with E-state index >= 15 is 0 Å². The van der Waals surface area contributed by atoms with Crippen LogP contribution in [0.3, 0.4) is 0 Å². The van der Waals surface area contributed by atoms with Gasteiger partial charge in [0.2, 0.25) is 0 Å². The first kappa shape index (κ1) is 26.3. The maximum absolute atomic E-state index is 13.2. The highest BCUT2D eigenvalue weighted by atomic mass is 32.2. The summed E-state index contributed by atoms with van der Waals surface area (Å²) in [4.78, 5) is 12.2. The van der Waals surface area contributed by atoms with Crippen molar-refractivity contribution in [3.63, 3.8) is 0 Å². The van der Waals surface area contributed by atoms with Crippen LogP contribution in [0.1, 0.15) is 60.3 Å². The van der Waals surface area contributed by atoms with Gasteiger partial charge in [-0.05, 0) is 51.7 Å². The Morgan fingerprint density at radius 3 is 1.89 bits per heavy atom. The number of carbonyl (C=O) groups is 1. The number of alkyl halides is 7. The van der Waals surface area contributed by atoms with Crippen molar-refractivity contribution in [3.8, 4) is 0 Å². The van der Waals surface area contributed by atoms with Gasteiger partial charge in [0.15, 0.2) is 0 Å². The zero-order chi connectivity index (χ0) is 21.7. The maximum Gasteiger partial charge on any atom is 0.459 e. The molecule has 0 heterocycles. The van der Waals surface area contributed by atoms with Crippen LogP contribution in [0.2, 0.25) is 0 Å². The van der Waals surface area contributed by atoms with Crippen LogP contribution in [-0.4, -0.2) is 40.6 Å². The standard InChI is InChI=1S/C17H27F7O2S/c1-11(2)10-12(13(25)26-14(3,4)5)27-9-7-6-8-15(18,19)16(20,21)17(22,23)24/h11-12H,6-10H2,1-5H3. The van der Waals surface area contributed by atoms with Gasteiger partial charge in [-0.3, -0.25) is 4.79 Å². The molecule has 0 bridgehead atoms. The third-order valence-electron chi connectivity index (χ3n) is 3.37. The van der Waals surface area contributed by atoms with Crippen molar-refractivity contribution < 1.29 is 40.3 Å². The van der Waals surface area contributed by atoms with Crippen molar-refractivity contribution in [2.75, 3.05) is 5.75 Å². The molecule has 2 nitrogen and oxygen atoms in total. The number of rotatable bonds is 10. The molecule has 0 aromatic rings. The van der Waals surface area contributed by atoms with Crippen molar-refractivity contribution in [2.24, 2.45) is 5.92 Å². The Labute approximate surface area is 159 Å². The Kier molecular flexibility index (Phi) is 9.45. The van der Waals surface area contributed by atoms with E-state index in [1.54, 1.807) is 20.8 Å². The minimum atomic E-state index is -6.30. The summed E-state index contributed by atoms with van der Waals surface area (Å²) in [6, 6.07) is 0. The number of ether oxygens (including phenoxy) is 1. The molecule has 0 aromatic carbocycles. The number of unbranched alkanes of at least 4 members (excludes halogenated alkanes) is 1. The topological polar surface area (TPSA) is 26.3 Å². The van der Waals surface area contributed by atoms with Crippen molar-refractivity contribution in [1.82, 2.24) is 0 Å². The smallest absolute Gasteiger partial charge is 0.459 e. The van der Waals surface area contributed by atoms with Crippen molar-refractivity contribution >= 4 is 17.7 Å². The second-order valence-electron chi connectivity index (χ2n) is 7.76. The summed E-state index contributed by atoms with van der Waals surface area (Å²) in [6.45, 7) is 8.87. The van der Waals surface area contributed by atoms with Crippen LogP contribution >= 0.6 is 11.8 Å². The fourth-order valence-electron chi connectivity index (χ4n) is 2.07. The molecule has 1 unspecified atom stereocenters. The number of esters is 1. The maximum atomic E-state index is 13.2. The Bertz CT molecular complexity index is 471. The lowest BCUT2D eigenvalue weighted by Gasteiger charge is -2.28. The number of hydrogen-bond donors (Lipinski definition) is 0. The summed E-state index contributed by atoms with van der Waals surface area (Å²) in [7, 11) is 0. The van der Waals surface area contributed by atoms with Gasteiger partial charge in [0.05, 0.1) is 0 Å². The number of halogens is 7. The van der Waals surface area contributed by atoms with Gasteiger partial charge >= 0.3 is 24.0 Å². The molecule has 0 amide bonds. The summed E-state index contributed by atoms with van der Waals surface area (Å²) in [5.41, 5.74) is -0.696. The summed E-state index contributed by atoms with van der Waals surface area (Å²) in [6.07, 6.45) is -7.95. The van der Waals surface area contributed by atoms with E-state index in [1.807, 2.05) is 13.8 Å². The van der Waals surface area contributed by atoms with Gasteiger partial charge in [0.25, 0.3) is 0 Å². The van der Waals surface area contributed by atoms with Gasteiger partial charge in [-0.25, -0.2) is 0 Å². The summed E-state index contributed by atoms with van der Waals surface area (Å²) >= 11 is 1.13. The largest absolute Gasteiger partial charge is 0.459 e. The van der Waals surface area contributed by atoms with Gasteiger partial charge in [-0.15, -0.1) is 11.8 Å². The molecule has 0 N–H and O–H groups in total. The van der Waals surface area contributed by atoms with Crippen molar-refractivity contribution in [1.29, 1.82) is 0 Å². The van der Waals surface area contributed by atoms with E-state index in [4.69, 9.17) is 4.74 Å². The molecule has 10 heteroatoms. The molecule has 0 aliphatic carbocycles. The van der Waals surface area contributed by atoms with Crippen molar-refractivity contribution in [3.05, 3.63) is 0 Å². The molecule has 1 atom stereocenters. The summed E-state index contributed by atoms with van der Waals surface area (Å²) < 4.78 is 93.6. The Morgan fingerprint density at radius 1 is 0.963 bits per heavy atom. The minimum Gasteiger partial charge on any atom is -0.459 e. The van der Waals surface area contributed by atoms with E-state index in [0.717, 1.165) is 11.8 Å². The Balaban J connectivity index is 4.59. The predicted molar refractivity (Wildman–Crippen MR) is 91.3 cm³/mol. The average Bonchev–Trinajstić information content (AvgIpc) is 2.41. The van der Waals surface area contributed by atoms with Gasteiger partial charge in [0, 0.05) is 6.42 Å². The molecule has 0 aromatic heterocycles. The number of carbonyl (C=O) groups excluding carboxylic acids is 1. The molecule has 0 spiro atoms. The fraction of sp³-hybridized carbons (Fsp3) is 0.941. The quantitative estimate of drug-likeness (QED) is 0.226. The predicted octanol–water partition coefficient (Wildman–Crippen LogP) is 6.48. The van der Waals surface area contributed by atoms with Gasteiger partial charge in [0.1, 0.15) is 10.9 Å². The van der Waals surface area contributed by atoms with Crippen LogP contribution in [0.4, 0.5) is 30.7 Å². The van der Waals surface area contributed by atoms with E-state index in [0.29, 0.717) is 6.42 Å². The number of thioether (sulfide) groups is 1. The first-order chi connectivity index (χ1) is 11.9. The van der Waals surface area contributed by atoms with Gasteiger partial charge in [-0.1, -0.05) is 13.8 Å². The molecular weight excluding hydrogens is 401 g/mol. The lowest BCUT2D eigenvalue weighted by molar-refractivity contribution is -0.355. The number of hydrogen-bond acceptors (Lipinski definition) is 3. The molecule has 0 saturated carbocycles. The SMILES string of the molecule is CC(C)CC(SCCCCC(F)(F)C(F)(F)C(F)(F)F)C(=O)OC(C)(C)C. The minimum absolute atomic E-state index is 0.0222. The first-order valence-corrected chi connectivity index (χ1v) is 9.62. The third kappa shape index (κ3) is 8.91. The van der Waals surface area contributed by atoms with Gasteiger partial charge < -0.3 is 4.74 Å². The monoisotopic (exact) mass is 428 g/mol. The molecule has 0 aliphatic heterocycles. The molecule has 0 aliphatic rings. The van der Waals surface area contributed by atoms with E-state index in [1.165, 1.54) is 0 Å².